The first-order valence-corrected chi connectivity index (χ1v) is 16.5. The van der Waals surface area contributed by atoms with Crippen molar-refractivity contribution in [2.45, 2.75) is 26.4 Å². The van der Waals surface area contributed by atoms with Gasteiger partial charge in [-0.2, -0.15) is 0 Å². The third kappa shape index (κ3) is 8.88. The smallest absolute Gasteiger partial charge is 0.338 e. The van der Waals surface area contributed by atoms with Crippen LogP contribution in [0.5, 0.6) is 40.2 Å². The van der Waals surface area contributed by atoms with E-state index in [-0.39, 0.29) is 72.1 Å². The highest BCUT2D eigenvalue weighted by atomic mass is 16.6. The topological polar surface area (TPSA) is 110 Å². The highest BCUT2D eigenvalue weighted by Crippen LogP contribution is 2.50. The van der Waals surface area contributed by atoms with Crippen LogP contribution in [-0.2, 0) is 31.2 Å². The van der Waals surface area contributed by atoms with Crippen LogP contribution in [0.2, 0.25) is 0 Å². The number of carbonyl (C=O) groups excluding carboxylic acids is 2. The number of aromatic hydroxyl groups is 1. The molecule has 0 bridgehead atoms. The van der Waals surface area contributed by atoms with Gasteiger partial charge < -0.3 is 33.5 Å². The van der Waals surface area contributed by atoms with E-state index < -0.39 is 11.7 Å². The number of esters is 1. The average molecular weight is 697 g/mol. The van der Waals surface area contributed by atoms with Gasteiger partial charge in [0.25, 0.3) is 0 Å². The summed E-state index contributed by atoms with van der Waals surface area (Å²) < 4.78 is 36.2. The average Bonchev–Trinajstić information content (AvgIpc) is 3.20. The number of hydrogen-bond acceptors (Lipinski definition) is 9. The largest absolute Gasteiger partial charge is 0.502 e. The molecule has 0 radical (unpaired) electrons. The maximum Gasteiger partial charge on any atom is 0.338 e. The van der Waals surface area contributed by atoms with Crippen molar-refractivity contribution < 1.29 is 43.1 Å². The van der Waals surface area contributed by atoms with Gasteiger partial charge in [-0.3, -0.25) is 4.79 Å². The van der Waals surface area contributed by atoms with Crippen molar-refractivity contribution >= 4 is 12.3 Å². The maximum atomic E-state index is 12.9. The molecule has 0 heterocycles. The summed E-state index contributed by atoms with van der Waals surface area (Å²) in [5.74, 6) is -1.04. The number of benzene rings is 6. The second kappa shape index (κ2) is 17.3. The van der Waals surface area contributed by atoms with Crippen molar-refractivity contribution in [2.75, 3.05) is 7.11 Å². The zero-order valence-corrected chi connectivity index (χ0v) is 28.4. The summed E-state index contributed by atoms with van der Waals surface area (Å²) >= 11 is 0. The summed E-state index contributed by atoms with van der Waals surface area (Å²) in [4.78, 5) is 25.5. The highest BCUT2D eigenvalue weighted by molar-refractivity contribution is 5.91. The highest BCUT2D eigenvalue weighted by Gasteiger charge is 2.26. The van der Waals surface area contributed by atoms with E-state index in [1.807, 2.05) is 121 Å². The van der Waals surface area contributed by atoms with Crippen molar-refractivity contribution in [1.29, 1.82) is 0 Å². The van der Waals surface area contributed by atoms with Crippen LogP contribution >= 0.6 is 0 Å². The van der Waals surface area contributed by atoms with E-state index in [4.69, 9.17) is 28.4 Å². The van der Waals surface area contributed by atoms with Gasteiger partial charge in [0, 0.05) is 0 Å². The monoisotopic (exact) mass is 696 g/mol. The molecule has 6 aromatic carbocycles. The molecule has 6 aromatic rings. The van der Waals surface area contributed by atoms with Crippen LogP contribution < -0.4 is 23.7 Å². The minimum Gasteiger partial charge on any atom is -0.502 e. The molecule has 9 nitrogen and oxygen atoms in total. The molecule has 0 amide bonds. The Morgan fingerprint density at radius 2 is 0.942 bits per heavy atom. The van der Waals surface area contributed by atoms with Gasteiger partial charge in [0.05, 0.1) is 18.2 Å². The number of methoxy groups -OCH3 is 1. The van der Waals surface area contributed by atoms with Crippen molar-refractivity contribution in [3.63, 3.8) is 0 Å². The molecule has 0 aromatic heterocycles. The molecule has 9 heteroatoms. The number of aldehydes is 1. The predicted molar refractivity (Wildman–Crippen MR) is 194 cm³/mol. The van der Waals surface area contributed by atoms with Crippen LogP contribution in [0.3, 0.4) is 0 Å². The molecule has 0 aliphatic carbocycles. The lowest BCUT2D eigenvalue weighted by molar-refractivity contribution is 0.0599. The van der Waals surface area contributed by atoms with Gasteiger partial charge >= 0.3 is 5.97 Å². The van der Waals surface area contributed by atoms with Crippen LogP contribution in [0, 0.1) is 0 Å². The summed E-state index contributed by atoms with van der Waals surface area (Å²) in [6.45, 7) is 0.473. The molecule has 0 aliphatic heterocycles. The van der Waals surface area contributed by atoms with E-state index in [1.165, 1.54) is 25.3 Å². The molecular formula is C43H36O9. The zero-order valence-electron chi connectivity index (χ0n) is 28.4. The second-order valence-electron chi connectivity index (χ2n) is 11.6. The lowest BCUT2D eigenvalue weighted by Crippen LogP contribution is -2.07. The summed E-state index contributed by atoms with van der Waals surface area (Å²) in [5, 5.41) is 11.8. The van der Waals surface area contributed by atoms with Crippen LogP contribution in [0.4, 0.5) is 0 Å². The molecule has 0 saturated carbocycles. The molecule has 0 spiro atoms. The Bertz CT molecular complexity index is 2090. The Morgan fingerprint density at radius 1 is 0.538 bits per heavy atom. The van der Waals surface area contributed by atoms with Crippen LogP contribution in [0.25, 0.3) is 0 Å². The Labute approximate surface area is 301 Å². The summed E-state index contributed by atoms with van der Waals surface area (Å²) in [7, 11) is 1.26. The first-order valence-electron chi connectivity index (χ1n) is 16.5. The number of hydrogen-bond donors (Lipinski definition) is 1. The van der Waals surface area contributed by atoms with E-state index in [1.54, 1.807) is 0 Å². The second-order valence-corrected chi connectivity index (χ2v) is 11.6. The fourth-order valence-corrected chi connectivity index (χ4v) is 5.25. The number of phenols is 1. The lowest BCUT2D eigenvalue weighted by atomic mass is 10.1. The van der Waals surface area contributed by atoms with E-state index in [0.717, 1.165) is 22.3 Å². The third-order valence-corrected chi connectivity index (χ3v) is 7.91. The van der Waals surface area contributed by atoms with E-state index in [0.29, 0.717) is 6.29 Å². The molecule has 1 N–H and O–H groups in total. The Morgan fingerprint density at radius 3 is 1.38 bits per heavy atom. The zero-order chi connectivity index (χ0) is 36.1. The molecular weight excluding hydrogens is 660 g/mol. The number of ether oxygens (including phenoxy) is 6. The summed E-state index contributed by atoms with van der Waals surface area (Å²) in [5.41, 5.74) is 3.47. The lowest BCUT2D eigenvalue weighted by Gasteiger charge is -2.21. The fraction of sp³-hybridized carbons (Fsp3) is 0.116. The normalized spacial score (nSPS) is 10.6. The molecule has 6 rings (SSSR count). The first kappa shape index (κ1) is 35.1. The molecule has 52 heavy (non-hydrogen) atoms. The fourth-order valence-electron chi connectivity index (χ4n) is 5.25. The van der Waals surface area contributed by atoms with Crippen LogP contribution in [0.1, 0.15) is 43.0 Å². The van der Waals surface area contributed by atoms with Gasteiger partial charge in [0.2, 0.25) is 17.2 Å². The number of carbonyl (C=O) groups is 2. The molecule has 0 fully saturated rings. The Kier molecular flexibility index (Phi) is 11.7. The maximum absolute atomic E-state index is 12.9. The summed E-state index contributed by atoms with van der Waals surface area (Å²) in [6, 6.07) is 42.1. The SMILES string of the molecule is COC(=O)c1cc(OCc2ccccc2)c(OCc2ccccc2)c(Oc2c(C=O)cc(OCc3ccccc3)c(OCc3ccccc3)c2O)c1. The molecule has 0 saturated heterocycles. The van der Waals surface area contributed by atoms with Crippen molar-refractivity contribution in [3.05, 3.63) is 173 Å². The van der Waals surface area contributed by atoms with Gasteiger partial charge in [0.1, 0.15) is 26.4 Å². The third-order valence-electron chi connectivity index (χ3n) is 7.91. The van der Waals surface area contributed by atoms with Gasteiger partial charge in [-0.25, -0.2) is 4.79 Å². The minimum absolute atomic E-state index is 0.0211. The Balaban J connectivity index is 1.43. The minimum atomic E-state index is -0.666. The van der Waals surface area contributed by atoms with Gasteiger partial charge in [0.15, 0.2) is 29.3 Å². The molecule has 0 aliphatic rings. The molecule has 0 unspecified atom stereocenters. The van der Waals surface area contributed by atoms with Crippen molar-refractivity contribution in [3.8, 4) is 40.2 Å². The molecule has 0 atom stereocenters. The standard InChI is InChI=1S/C43H36O9/c1-47-43(46)34-22-36(48-26-30-14-6-2-7-15-30)41(50-28-32-18-10-4-11-19-32)38(23-34)52-40-35(25-44)24-37(49-27-31-16-8-3-9-17-31)42(39(40)45)51-29-33-20-12-5-13-21-33/h2-25,45H,26-29H2,1H3. The van der Waals surface area contributed by atoms with Gasteiger partial charge in [-0.1, -0.05) is 121 Å². The predicted octanol–water partition coefficient (Wildman–Crippen LogP) is 9.10. The van der Waals surface area contributed by atoms with Crippen molar-refractivity contribution in [2.24, 2.45) is 0 Å². The first-order chi connectivity index (χ1) is 25.5. The van der Waals surface area contributed by atoms with E-state index in [2.05, 4.69) is 0 Å². The van der Waals surface area contributed by atoms with Crippen LogP contribution in [-0.4, -0.2) is 24.5 Å². The molecule has 262 valence electrons. The Hall–Kier alpha value is -6.74. The van der Waals surface area contributed by atoms with Crippen LogP contribution in [0.15, 0.2) is 140 Å². The van der Waals surface area contributed by atoms with Gasteiger partial charge in [-0.15, -0.1) is 0 Å². The quantitative estimate of drug-likeness (QED) is 0.0783. The van der Waals surface area contributed by atoms with E-state index in [9.17, 15) is 14.7 Å². The number of rotatable bonds is 16. The van der Waals surface area contributed by atoms with Gasteiger partial charge in [-0.05, 0) is 40.5 Å². The van der Waals surface area contributed by atoms with Crippen molar-refractivity contribution in [1.82, 2.24) is 0 Å². The number of phenolic OH excluding ortho intramolecular Hbond substituents is 1. The van der Waals surface area contributed by atoms with E-state index >= 15 is 0 Å². The summed E-state index contributed by atoms with van der Waals surface area (Å²) in [6.07, 6.45) is 0.535.